The number of carbonyl (C=O) groups is 1. The number of hydrogen-bond donors (Lipinski definition) is 0. The van der Waals surface area contributed by atoms with Gasteiger partial charge >= 0.3 is 0 Å². The SMILES string of the molecule is CCCc1nc(CC)c(C=O)n1Cc1ccc(I)cc1F. The average molecular weight is 400 g/mol. The lowest BCUT2D eigenvalue weighted by atomic mass is 10.2. The first-order valence-electron chi connectivity index (χ1n) is 7.08. The van der Waals surface area contributed by atoms with Gasteiger partial charge in [-0.1, -0.05) is 19.9 Å². The standard InChI is InChI=1S/C16H18FIN2O/c1-3-5-16-19-14(4-2)15(10-21)20(16)9-11-6-7-12(18)8-13(11)17/h6-8,10H,3-5,9H2,1-2H3. The van der Waals surface area contributed by atoms with E-state index in [4.69, 9.17) is 0 Å². The summed E-state index contributed by atoms with van der Waals surface area (Å²) in [6, 6.07) is 5.15. The third-order valence-electron chi connectivity index (χ3n) is 3.43. The van der Waals surface area contributed by atoms with Gasteiger partial charge in [0.15, 0.2) is 6.29 Å². The lowest BCUT2D eigenvalue weighted by molar-refractivity contribution is 0.111. The molecule has 3 nitrogen and oxygen atoms in total. The van der Waals surface area contributed by atoms with Crippen LogP contribution < -0.4 is 0 Å². The highest BCUT2D eigenvalue weighted by molar-refractivity contribution is 14.1. The van der Waals surface area contributed by atoms with Gasteiger partial charge in [-0.05, 0) is 47.6 Å². The Kier molecular flexibility index (Phi) is 5.50. The first-order valence-corrected chi connectivity index (χ1v) is 8.15. The van der Waals surface area contributed by atoms with Crippen molar-refractivity contribution in [3.63, 3.8) is 0 Å². The molecule has 0 fully saturated rings. The number of imidazole rings is 1. The Morgan fingerprint density at radius 2 is 2.14 bits per heavy atom. The summed E-state index contributed by atoms with van der Waals surface area (Å²) in [7, 11) is 0. The third kappa shape index (κ3) is 3.51. The van der Waals surface area contributed by atoms with Crippen LogP contribution in [0.5, 0.6) is 0 Å². The van der Waals surface area contributed by atoms with Crippen LogP contribution in [0.25, 0.3) is 0 Å². The highest BCUT2D eigenvalue weighted by atomic mass is 127. The van der Waals surface area contributed by atoms with Gasteiger partial charge < -0.3 is 4.57 Å². The minimum atomic E-state index is -0.243. The van der Waals surface area contributed by atoms with Crippen molar-refractivity contribution in [1.29, 1.82) is 0 Å². The fourth-order valence-electron chi connectivity index (χ4n) is 2.37. The zero-order valence-corrected chi connectivity index (χ0v) is 14.4. The monoisotopic (exact) mass is 400 g/mol. The second-order valence-corrected chi connectivity index (χ2v) is 6.15. The molecule has 0 aliphatic heterocycles. The Hall–Kier alpha value is -1.24. The number of hydrogen-bond acceptors (Lipinski definition) is 2. The van der Waals surface area contributed by atoms with E-state index in [1.165, 1.54) is 6.07 Å². The predicted molar refractivity (Wildman–Crippen MR) is 89.2 cm³/mol. The molecular formula is C16H18FIN2O. The third-order valence-corrected chi connectivity index (χ3v) is 4.10. The number of nitrogens with zero attached hydrogens (tertiary/aromatic N) is 2. The van der Waals surface area contributed by atoms with E-state index in [2.05, 4.69) is 34.5 Å². The van der Waals surface area contributed by atoms with E-state index >= 15 is 0 Å². The summed E-state index contributed by atoms with van der Waals surface area (Å²) in [5.41, 5.74) is 1.94. The molecular weight excluding hydrogens is 382 g/mol. The lowest BCUT2D eigenvalue weighted by Gasteiger charge is -2.10. The fraction of sp³-hybridized carbons (Fsp3) is 0.375. The van der Waals surface area contributed by atoms with Crippen molar-refractivity contribution >= 4 is 28.9 Å². The van der Waals surface area contributed by atoms with Gasteiger partial charge in [-0.3, -0.25) is 4.79 Å². The zero-order valence-electron chi connectivity index (χ0n) is 12.2. The molecule has 5 heteroatoms. The van der Waals surface area contributed by atoms with E-state index in [0.29, 0.717) is 24.2 Å². The molecule has 0 amide bonds. The molecule has 0 saturated carbocycles. The Bertz CT molecular complexity index is 652. The molecule has 0 radical (unpaired) electrons. The van der Waals surface area contributed by atoms with Gasteiger partial charge in [-0.2, -0.15) is 0 Å². The maximum Gasteiger partial charge on any atom is 0.168 e. The van der Waals surface area contributed by atoms with Gasteiger partial charge in [0.05, 0.1) is 12.2 Å². The maximum absolute atomic E-state index is 14.1. The summed E-state index contributed by atoms with van der Waals surface area (Å²) in [6.07, 6.45) is 3.25. The summed E-state index contributed by atoms with van der Waals surface area (Å²) in [5, 5.41) is 0. The van der Waals surface area contributed by atoms with Gasteiger partial charge in [-0.15, -0.1) is 0 Å². The molecule has 0 aliphatic carbocycles. The van der Waals surface area contributed by atoms with E-state index in [0.717, 1.165) is 34.2 Å². The van der Waals surface area contributed by atoms with Crippen LogP contribution in [0.2, 0.25) is 0 Å². The van der Waals surface area contributed by atoms with Gasteiger partial charge in [0.1, 0.15) is 17.3 Å². The molecule has 0 bridgehead atoms. The molecule has 2 rings (SSSR count). The van der Waals surface area contributed by atoms with Crippen LogP contribution in [0.1, 0.15) is 47.8 Å². The number of rotatable bonds is 6. The normalized spacial score (nSPS) is 10.9. The van der Waals surface area contributed by atoms with Crippen LogP contribution in [0.4, 0.5) is 4.39 Å². The molecule has 0 unspecified atom stereocenters. The quantitative estimate of drug-likeness (QED) is 0.543. The number of aryl methyl sites for hydroxylation is 2. The highest BCUT2D eigenvalue weighted by Gasteiger charge is 2.16. The molecule has 2 aromatic rings. The van der Waals surface area contributed by atoms with Crippen molar-refractivity contribution < 1.29 is 9.18 Å². The molecule has 1 aromatic carbocycles. The summed E-state index contributed by atoms with van der Waals surface area (Å²) < 4.78 is 16.8. The number of halogens is 2. The smallest absolute Gasteiger partial charge is 0.168 e. The second-order valence-electron chi connectivity index (χ2n) is 4.90. The van der Waals surface area contributed by atoms with Gasteiger partial charge in [0.2, 0.25) is 0 Å². The molecule has 0 N–H and O–H groups in total. The Morgan fingerprint density at radius 3 is 2.71 bits per heavy atom. The van der Waals surface area contributed by atoms with E-state index in [-0.39, 0.29) is 5.82 Å². The molecule has 21 heavy (non-hydrogen) atoms. The second kappa shape index (κ2) is 7.15. The molecule has 112 valence electrons. The minimum absolute atomic E-state index is 0.243. The van der Waals surface area contributed by atoms with Crippen molar-refractivity contribution in [2.24, 2.45) is 0 Å². The molecule has 0 saturated heterocycles. The first kappa shape index (κ1) is 16.1. The van der Waals surface area contributed by atoms with Crippen molar-refractivity contribution in [3.05, 3.63) is 50.4 Å². The van der Waals surface area contributed by atoms with Crippen LogP contribution >= 0.6 is 22.6 Å². The molecule has 0 atom stereocenters. The summed E-state index contributed by atoms with van der Waals surface area (Å²) >= 11 is 2.08. The molecule has 0 aliphatic rings. The van der Waals surface area contributed by atoms with Crippen LogP contribution in [-0.4, -0.2) is 15.8 Å². The Labute approximate surface area is 137 Å². The van der Waals surface area contributed by atoms with Crippen molar-refractivity contribution in [2.45, 2.75) is 39.7 Å². The van der Waals surface area contributed by atoms with Gasteiger partial charge in [0, 0.05) is 15.6 Å². The van der Waals surface area contributed by atoms with Crippen LogP contribution in [0.15, 0.2) is 18.2 Å². The van der Waals surface area contributed by atoms with E-state index < -0.39 is 0 Å². The first-order chi connectivity index (χ1) is 10.1. The average Bonchev–Trinajstić information content (AvgIpc) is 2.79. The number of carbonyl (C=O) groups excluding carboxylic acids is 1. The van der Waals surface area contributed by atoms with E-state index in [9.17, 15) is 9.18 Å². The predicted octanol–water partition coefficient (Wildman–Crippen LogP) is 4.00. The lowest BCUT2D eigenvalue weighted by Crippen LogP contribution is -2.10. The van der Waals surface area contributed by atoms with E-state index in [1.54, 1.807) is 6.07 Å². The molecule has 1 aromatic heterocycles. The number of aromatic nitrogens is 2. The largest absolute Gasteiger partial charge is 0.321 e. The van der Waals surface area contributed by atoms with Crippen molar-refractivity contribution in [1.82, 2.24) is 9.55 Å². The van der Waals surface area contributed by atoms with Crippen LogP contribution in [0.3, 0.4) is 0 Å². The van der Waals surface area contributed by atoms with Crippen molar-refractivity contribution in [3.8, 4) is 0 Å². The topological polar surface area (TPSA) is 34.9 Å². The van der Waals surface area contributed by atoms with E-state index in [1.807, 2.05) is 17.6 Å². The van der Waals surface area contributed by atoms with Crippen LogP contribution in [0, 0.1) is 9.39 Å². The maximum atomic E-state index is 14.1. The zero-order chi connectivity index (χ0) is 15.4. The summed E-state index contributed by atoms with van der Waals surface area (Å²) in [4.78, 5) is 15.9. The highest BCUT2D eigenvalue weighted by Crippen LogP contribution is 2.18. The van der Waals surface area contributed by atoms with Gasteiger partial charge in [0.25, 0.3) is 0 Å². The summed E-state index contributed by atoms with van der Waals surface area (Å²) in [6.45, 7) is 4.39. The van der Waals surface area contributed by atoms with Crippen molar-refractivity contribution in [2.75, 3.05) is 0 Å². The molecule has 1 heterocycles. The van der Waals surface area contributed by atoms with Crippen LogP contribution in [-0.2, 0) is 19.4 Å². The summed E-state index contributed by atoms with van der Waals surface area (Å²) in [5.74, 6) is 0.613. The van der Waals surface area contributed by atoms with Gasteiger partial charge in [-0.25, -0.2) is 9.37 Å². The minimum Gasteiger partial charge on any atom is -0.321 e. The number of aldehydes is 1. The Morgan fingerprint density at radius 1 is 1.38 bits per heavy atom. The fourth-order valence-corrected chi connectivity index (χ4v) is 2.82. The number of benzene rings is 1. The molecule has 0 spiro atoms. The Balaban J connectivity index is 2.46.